The van der Waals surface area contributed by atoms with Crippen molar-refractivity contribution in [3.63, 3.8) is 0 Å². The molecule has 0 aliphatic rings. The molecule has 2 nitrogen and oxygen atoms in total. The van der Waals surface area contributed by atoms with Gasteiger partial charge in [-0.2, -0.15) is 0 Å². The van der Waals surface area contributed by atoms with Crippen LogP contribution in [0.2, 0.25) is 0 Å². The fraction of sp³-hybridized carbons (Fsp3) is 1.00. The molecule has 0 aromatic carbocycles. The highest BCUT2D eigenvalue weighted by Crippen LogP contribution is 2.13. The van der Waals surface area contributed by atoms with E-state index in [9.17, 15) is 0 Å². The van der Waals surface area contributed by atoms with E-state index < -0.39 is 0 Å². The number of rotatable bonds is 12. The smallest absolute Gasteiger partial charge is 0.0516 e. The van der Waals surface area contributed by atoms with Crippen LogP contribution in [0.15, 0.2) is 0 Å². The Balaban J connectivity index is 3.64. The van der Waals surface area contributed by atoms with E-state index in [-0.39, 0.29) is 0 Å². The molecule has 0 aromatic rings. The molecule has 0 aliphatic heterocycles. The molecule has 17 heavy (non-hydrogen) atoms. The van der Waals surface area contributed by atoms with Gasteiger partial charge in [-0.25, -0.2) is 0 Å². The summed E-state index contributed by atoms with van der Waals surface area (Å²) in [4.78, 5) is 0. The minimum atomic E-state index is 0.573. The Labute approximate surface area is 108 Å². The molecule has 0 heterocycles. The van der Waals surface area contributed by atoms with Crippen molar-refractivity contribution in [3.05, 3.63) is 0 Å². The molecule has 0 aromatic heterocycles. The van der Waals surface area contributed by atoms with Crippen molar-refractivity contribution in [2.24, 2.45) is 11.8 Å². The highest BCUT2D eigenvalue weighted by molar-refractivity contribution is 4.60. The zero-order chi connectivity index (χ0) is 12.9. The predicted octanol–water partition coefficient (Wildman–Crippen LogP) is 4.28. The van der Waals surface area contributed by atoms with Gasteiger partial charge in [0.2, 0.25) is 0 Å². The normalized spacial score (nSPS) is 11.6. The average Bonchev–Trinajstić information content (AvgIpc) is 2.29. The summed E-state index contributed by atoms with van der Waals surface area (Å²) < 4.78 is 11.4. The van der Waals surface area contributed by atoms with Gasteiger partial charge in [-0.1, -0.05) is 40.5 Å². The molecular weight excluding hydrogens is 212 g/mol. The van der Waals surface area contributed by atoms with Crippen LogP contribution in [-0.2, 0) is 9.47 Å². The monoisotopic (exact) mass is 244 g/mol. The highest BCUT2D eigenvalue weighted by Gasteiger charge is 2.11. The Morgan fingerprint density at radius 2 is 1.29 bits per heavy atom. The number of ether oxygens (including phenoxy) is 2. The average molecular weight is 244 g/mol. The van der Waals surface area contributed by atoms with Crippen LogP contribution in [0.4, 0.5) is 0 Å². The van der Waals surface area contributed by atoms with E-state index in [4.69, 9.17) is 9.47 Å². The summed E-state index contributed by atoms with van der Waals surface area (Å²) in [6, 6.07) is 0. The maximum Gasteiger partial charge on any atom is 0.0516 e. The fourth-order valence-corrected chi connectivity index (χ4v) is 1.84. The van der Waals surface area contributed by atoms with Crippen LogP contribution in [0.1, 0.15) is 59.8 Å². The van der Waals surface area contributed by atoms with Crippen LogP contribution in [0.25, 0.3) is 0 Å². The highest BCUT2D eigenvalue weighted by atomic mass is 16.5. The summed E-state index contributed by atoms with van der Waals surface area (Å²) in [5.74, 6) is 1.30. The zero-order valence-electron chi connectivity index (χ0n) is 12.3. The molecule has 0 fully saturated rings. The van der Waals surface area contributed by atoms with Crippen molar-refractivity contribution in [2.45, 2.75) is 59.8 Å². The third-order valence-electron chi connectivity index (χ3n) is 2.80. The molecule has 0 radical (unpaired) electrons. The van der Waals surface area contributed by atoms with E-state index in [1.54, 1.807) is 0 Å². The maximum absolute atomic E-state index is 5.71. The molecule has 0 saturated heterocycles. The van der Waals surface area contributed by atoms with Crippen LogP contribution in [-0.4, -0.2) is 26.4 Å². The molecule has 2 heteroatoms. The molecule has 0 bridgehead atoms. The van der Waals surface area contributed by atoms with Gasteiger partial charge in [0.1, 0.15) is 0 Å². The molecule has 104 valence electrons. The van der Waals surface area contributed by atoms with Crippen LogP contribution < -0.4 is 0 Å². The Kier molecular flexibility index (Phi) is 12.3. The maximum atomic E-state index is 5.71. The first-order chi connectivity index (χ1) is 8.20. The van der Waals surface area contributed by atoms with E-state index in [0.717, 1.165) is 32.3 Å². The van der Waals surface area contributed by atoms with Gasteiger partial charge in [0, 0.05) is 19.1 Å². The lowest BCUT2D eigenvalue weighted by atomic mass is 9.99. The Bertz CT molecular complexity index is 134. The zero-order valence-corrected chi connectivity index (χ0v) is 12.3. The SMILES string of the molecule is CCCCOCC(COCCCC)CC(C)C. The van der Waals surface area contributed by atoms with Gasteiger partial charge >= 0.3 is 0 Å². The van der Waals surface area contributed by atoms with E-state index in [2.05, 4.69) is 27.7 Å². The first-order valence-corrected chi connectivity index (χ1v) is 7.36. The first-order valence-electron chi connectivity index (χ1n) is 7.36. The van der Waals surface area contributed by atoms with E-state index in [1.807, 2.05) is 0 Å². The molecular formula is C15H32O2. The summed E-state index contributed by atoms with van der Waals surface area (Å²) in [7, 11) is 0. The largest absolute Gasteiger partial charge is 0.381 e. The summed E-state index contributed by atoms with van der Waals surface area (Å²) in [5, 5.41) is 0. The third-order valence-corrected chi connectivity index (χ3v) is 2.80. The van der Waals surface area contributed by atoms with Crippen molar-refractivity contribution >= 4 is 0 Å². The van der Waals surface area contributed by atoms with Gasteiger partial charge in [0.25, 0.3) is 0 Å². The standard InChI is InChI=1S/C15H32O2/c1-5-7-9-16-12-15(11-14(3)4)13-17-10-8-6-2/h14-15H,5-13H2,1-4H3. The summed E-state index contributed by atoms with van der Waals surface area (Å²) >= 11 is 0. The van der Waals surface area contributed by atoms with Gasteiger partial charge < -0.3 is 9.47 Å². The molecule has 0 aliphatic carbocycles. The second-order valence-corrected chi connectivity index (χ2v) is 5.35. The lowest BCUT2D eigenvalue weighted by Gasteiger charge is -2.19. The number of unbranched alkanes of at least 4 members (excludes halogenated alkanes) is 2. The molecule has 0 atom stereocenters. The van der Waals surface area contributed by atoms with Crippen molar-refractivity contribution in [2.75, 3.05) is 26.4 Å². The lowest BCUT2D eigenvalue weighted by molar-refractivity contribution is 0.0299. The molecule has 0 saturated carbocycles. The summed E-state index contributed by atoms with van der Waals surface area (Å²) in [6.45, 7) is 12.5. The van der Waals surface area contributed by atoms with Crippen molar-refractivity contribution in [3.8, 4) is 0 Å². The number of hydrogen-bond acceptors (Lipinski definition) is 2. The van der Waals surface area contributed by atoms with Crippen molar-refractivity contribution in [1.29, 1.82) is 0 Å². The van der Waals surface area contributed by atoms with Crippen LogP contribution in [0, 0.1) is 11.8 Å². The van der Waals surface area contributed by atoms with Crippen LogP contribution in [0.3, 0.4) is 0 Å². The molecule has 0 unspecified atom stereocenters. The molecule has 0 N–H and O–H groups in total. The van der Waals surface area contributed by atoms with Crippen LogP contribution >= 0.6 is 0 Å². The minimum Gasteiger partial charge on any atom is -0.381 e. The predicted molar refractivity (Wildman–Crippen MR) is 74.4 cm³/mol. The first kappa shape index (κ1) is 16.9. The Morgan fingerprint density at radius 1 is 0.824 bits per heavy atom. The molecule has 0 spiro atoms. The third kappa shape index (κ3) is 12.2. The lowest BCUT2D eigenvalue weighted by Crippen LogP contribution is -2.19. The molecule has 0 rings (SSSR count). The fourth-order valence-electron chi connectivity index (χ4n) is 1.84. The van der Waals surface area contributed by atoms with Gasteiger partial charge in [-0.15, -0.1) is 0 Å². The van der Waals surface area contributed by atoms with Gasteiger partial charge in [0.05, 0.1) is 13.2 Å². The van der Waals surface area contributed by atoms with E-state index in [0.29, 0.717) is 5.92 Å². The van der Waals surface area contributed by atoms with Gasteiger partial charge in [0.15, 0.2) is 0 Å². The second-order valence-electron chi connectivity index (χ2n) is 5.35. The van der Waals surface area contributed by atoms with Crippen molar-refractivity contribution < 1.29 is 9.47 Å². The topological polar surface area (TPSA) is 18.5 Å². The number of hydrogen-bond donors (Lipinski definition) is 0. The van der Waals surface area contributed by atoms with Gasteiger partial charge in [-0.05, 0) is 25.2 Å². The second kappa shape index (κ2) is 12.4. The summed E-state index contributed by atoms with van der Waals surface area (Å²) in [6.07, 6.45) is 5.97. The van der Waals surface area contributed by atoms with Crippen LogP contribution in [0.5, 0.6) is 0 Å². The van der Waals surface area contributed by atoms with Crippen molar-refractivity contribution in [1.82, 2.24) is 0 Å². The minimum absolute atomic E-state index is 0.573. The Morgan fingerprint density at radius 3 is 1.65 bits per heavy atom. The van der Waals surface area contributed by atoms with Gasteiger partial charge in [-0.3, -0.25) is 0 Å². The Hall–Kier alpha value is -0.0800. The van der Waals surface area contributed by atoms with E-state index >= 15 is 0 Å². The van der Waals surface area contributed by atoms with E-state index in [1.165, 1.54) is 32.1 Å². The quantitative estimate of drug-likeness (QED) is 0.477. The molecule has 0 amide bonds. The summed E-state index contributed by atoms with van der Waals surface area (Å²) in [5.41, 5.74) is 0.